The Labute approximate surface area is 228 Å². The Kier molecular flexibility index (Phi) is 7.62. The van der Waals surface area contributed by atoms with Crippen molar-refractivity contribution in [2.45, 2.75) is 26.2 Å². The fraction of sp³-hybridized carbons (Fsp3) is 0.156. The number of phenolic OH excluding ortho intramolecular Hbond substituents is 1. The summed E-state index contributed by atoms with van der Waals surface area (Å²) in [5.41, 5.74) is 1.66. The number of hydrogen-bond donors (Lipinski definition) is 2. The van der Waals surface area contributed by atoms with Crippen LogP contribution in [0.15, 0.2) is 106 Å². The van der Waals surface area contributed by atoms with Crippen molar-refractivity contribution in [1.82, 2.24) is 0 Å². The number of phenols is 1. The summed E-state index contributed by atoms with van der Waals surface area (Å²) in [5.74, 6) is -2.69. The Morgan fingerprint density at radius 1 is 0.825 bits per heavy atom. The van der Waals surface area contributed by atoms with E-state index in [2.05, 4.69) is 0 Å². The average molecular weight is 547 g/mol. The molecular weight excluding hydrogens is 519 g/mol. The predicted octanol–water partition coefficient (Wildman–Crippen LogP) is 6.58. The second-order valence-corrected chi connectivity index (χ2v) is 9.46. The number of hydrogen-bond acceptors (Lipinski definition) is 4. The van der Waals surface area contributed by atoms with Gasteiger partial charge in [-0.1, -0.05) is 72.8 Å². The van der Waals surface area contributed by atoms with Crippen LogP contribution in [0, 0.1) is 0 Å². The maximum absolute atomic E-state index is 14.2. The third kappa shape index (κ3) is 5.72. The first-order chi connectivity index (χ1) is 19.2. The lowest BCUT2D eigenvalue weighted by Crippen LogP contribution is -3.09. The normalized spacial score (nSPS) is 12.4. The number of benzene rings is 4. The van der Waals surface area contributed by atoms with Crippen molar-refractivity contribution >= 4 is 11.0 Å². The van der Waals surface area contributed by atoms with Crippen LogP contribution in [-0.4, -0.2) is 11.7 Å². The van der Waals surface area contributed by atoms with Gasteiger partial charge >= 0.3 is 6.18 Å². The van der Waals surface area contributed by atoms with E-state index in [0.29, 0.717) is 13.1 Å². The lowest BCUT2D eigenvalue weighted by atomic mass is 10.1. The number of nitrogens with one attached hydrogen (secondary N) is 1. The maximum Gasteiger partial charge on any atom is 0.453 e. The van der Waals surface area contributed by atoms with Crippen molar-refractivity contribution in [3.63, 3.8) is 0 Å². The zero-order valence-electron chi connectivity index (χ0n) is 21.7. The summed E-state index contributed by atoms with van der Waals surface area (Å²) in [6, 6.07) is 28.0. The van der Waals surface area contributed by atoms with E-state index in [0.717, 1.165) is 21.6 Å². The van der Waals surface area contributed by atoms with E-state index >= 15 is 0 Å². The molecule has 4 aromatic carbocycles. The number of fused-ring (bicyclic) bond motifs is 1. The molecule has 40 heavy (non-hydrogen) atoms. The van der Waals surface area contributed by atoms with Crippen LogP contribution in [0.1, 0.15) is 23.8 Å². The van der Waals surface area contributed by atoms with Crippen LogP contribution in [0.2, 0.25) is 0 Å². The van der Waals surface area contributed by atoms with Crippen LogP contribution in [0.5, 0.6) is 17.2 Å². The second-order valence-electron chi connectivity index (χ2n) is 9.46. The number of ether oxygens (including phenoxy) is 1. The predicted molar refractivity (Wildman–Crippen MR) is 146 cm³/mol. The molecule has 1 unspecified atom stereocenters. The third-order valence-electron chi connectivity index (χ3n) is 6.76. The van der Waals surface area contributed by atoms with Gasteiger partial charge in [0.25, 0.3) is 5.76 Å². The molecule has 0 aliphatic heterocycles. The largest absolute Gasteiger partial charge is 0.507 e. The quantitative estimate of drug-likeness (QED) is 0.231. The van der Waals surface area contributed by atoms with Crippen LogP contribution in [0.25, 0.3) is 22.1 Å². The molecule has 0 radical (unpaired) electrons. The summed E-state index contributed by atoms with van der Waals surface area (Å²) < 4.78 is 53.5. The molecule has 8 heteroatoms. The molecule has 204 valence electrons. The minimum Gasteiger partial charge on any atom is -0.507 e. The Hall–Kier alpha value is -4.56. The number of halogens is 3. The molecule has 0 aliphatic rings. The number of alkyl halides is 3. The van der Waals surface area contributed by atoms with Crippen molar-refractivity contribution in [2.24, 2.45) is 0 Å². The first-order valence-corrected chi connectivity index (χ1v) is 12.8. The molecule has 0 spiro atoms. The van der Waals surface area contributed by atoms with Gasteiger partial charge in [0.15, 0.2) is 5.58 Å². The summed E-state index contributed by atoms with van der Waals surface area (Å²) in [7, 11) is 0. The lowest BCUT2D eigenvalue weighted by Gasteiger charge is -2.20. The van der Waals surface area contributed by atoms with Gasteiger partial charge in [0, 0.05) is 5.56 Å². The van der Waals surface area contributed by atoms with E-state index in [1.807, 2.05) is 67.6 Å². The van der Waals surface area contributed by atoms with Gasteiger partial charge in [0.05, 0.1) is 17.5 Å². The van der Waals surface area contributed by atoms with Gasteiger partial charge in [-0.25, -0.2) is 0 Å². The van der Waals surface area contributed by atoms with E-state index < -0.39 is 23.1 Å². The van der Waals surface area contributed by atoms with Gasteiger partial charge in [-0.15, -0.1) is 0 Å². The minimum absolute atomic E-state index is 0.0558. The highest BCUT2D eigenvalue weighted by molar-refractivity contribution is 5.83. The molecule has 5 aromatic rings. The third-order valence-corrected chi connectivity index (χ3v) is 6.76. The molecule has 5 rings (SSSR count). The SMILES string of the molecule is CC[NH+](Cc1ccccc1)Cc1c(O)ccc2c(=O)c(Oc3ccc(-c4ccccc4)cc3)c(C(F)(F)F)oc12. The Morgan fingerprint density at radius 3 is 2.08 bits per heavy atom. The molecule has 5 nitrogen and oxygen atoms in total. The van der Waals surface area contributed by atoms with Gasteiger partial charge < -0.3 is 19.2 Å². The summed E-state index contributed by atoms with van der Waals surface area (Å²) in [6.07, 6.45) is -5.02. The fourth-order valence-corrected chi connectivity index (χ4v) is 4.65. The number of quaternary nitrogens is 1. The zero-order valence-corrected chi connectivity index (χ0v) is 21.7. The molecular formula is C32H27F3NO4+. The molecule has 1 heterocycles. The van der Waals surface area contributed by atoms with Gasteiger partial charge in [0.1, 0.15) is 24.6 Å². The Bertz CT molecular complexity index is 1670. The van der Waals surface area contributed by atoms with Crippen molar-refractivity contribution in [3.8, 4) is 28.4 Å². The van der Waals surface area contributed by atoms with Crippen LogP contribution in [0.4, 0.5) is 13.2 Å². The van der Waals surface area contributed by atoms with Crippen LogP contribution >= 0.6 is 0 Å². The van der Waals surface area contributed by atoms with E-state index in [9.17, 15) is 23.1 Å². The van der Waals surface area contributed by atoms with Crippen molar-refractivity contribution in [1.29, 1.82) is 0 Å². The highest BCUT2D eigenvalue weighted by Gasteiger charge is 2.41. The molecule has 0 saturated carbocycles. The first-order valence-electron chi connectivity index (χ1n) is 12.8. The summed E-state index contributed by atoms with van der Waals surface area (Å²) >= 11 is 0. The molecule has 0 saturated heterocycles. The van der Waals surface area contributed by atoms with Crippen molar-refractivity contribution in [3.05, 3.63) is 124 Å². The molecule has 0 aliphatic carbocycles. The number of aromatic hydroxyl groups is 1. The van der Waals surface area contributed by atoms with E-state index in [-0.39, 0.29) is 34.6 Å². The minimum atomic E-state index is -5.02. The molecule has 0 bridgehead atoms. The van der Waals surface area contributed by atoms with E-state index in [4.69, 9.17) is 9.15 Å². The molecule has 2 N–H and O–H groups in total. The molecule has 0 amide bonds. The van der Waals surface area contributed by atoms with Crippen molar-refractivity contribution in [2.75, 3.05) is 6.54 Å². The van der Waals surface area contributed by atoms with Gasteiger partial charge in [-0.3, -0.25) is 4.79 Å². The molecule has 0 fully saturated rings. The second kappa shape index (κ2) is 11.3. The van der Waals surface area contributed by atoms with Crippen LogP contribution in [-0.2, 0) is 19.3 Å². The van der Waals surface area contributed by atoms with Gasteiger partial charge in [0.2, 0.25) is 11.2 Å². The first kappa shape index (κ1) is 27.0. The Balaban J connectivity index is 1.54. The lowest BCUT2D eigenvalue weighted by molar-refractivity contribution is -0.925. The fourth-order valence-electron chi connectivity index (χ4n) is 4.65. The van der Waals surface area contributed by atoms with Crippen LogP contribution in [0.3, 0.4) is 0 Å². The summed E-state index contributed by atoms with van der Waals surface area (Å²) in [5, 5.41) is 10.5. The maximum atomic E-state index is 14.2. The van der Waals surface area contributed by atoms with E-state index in [1.54, 1.807) is 12.1 Å². The molecule has 1 aromatic heterocycles. The van der Waals surface area contributed by atoms with Crippen LogP contribution < -0.4 is 15.1 Å². The summed E-state index contributed by atoms with van der Waals surface area (Å²) in [4.78, 5) is 14.4. The topological polar surface area (TPSA) is 64.1 Å². The highest BCUT2D eigenvalue weighted by atomic mass is 19.4. The number of rotatable bonds is 8. The summed E-state index contributed by atoms with van der Waals surface area (Å²) in [6.45, 7) is 3.29. The molecule has 1 atom stereocenters. The zero-order chi connectivity index (χ0) is 28.3. The smallest absolute Gasteiger partial charge is 0.453 e. The standard InChI is InChI=1S/C32H26F3NO4/c1-2-36(19-21-9-5-3-6-10-21)20-26-27(37)18-17-25-28(38)30(31(32(33,34)35)40-29(25)26)39-24-15-13-23(14-16-24)22-11-7-4-8-12-22/h3-18,37H,2,19-20H2,1H3/p+1. The highest BCUT2D eigenvalue weighted by Crippen LogP contribution is 2.40. The van der Waals surface area contributed by atoms with Crippen molar-refractivity contribution < 1.29 is 32.3 Å². The van der Waals surface area contributed by atoms with Gasteiger partial charge in [-0.2, -0.15) is 13.2 Å². The van der Waals surface area contributed by atoms with Gasteiger partial charge in [-0.05, 0) is 42.3 Å². The Morgan fingerprint density at radius 2 is 1.45 bits per heavy atom. The van der Waals surface area contributed by atoms with E-state index in [1.165, 1.54) is 24.3 Å². The average Bonchev–Trinajstić information content (AvgIpc) is 2.96. The monoisotopic (exact) mass is 546 g/mol.